The Labute approximate surface area is 108 Å². The van der Waals surface area contributed by atoms with Crippen LogP contribution in [0.3, 0.4) is 0 Å². The Balaban J connectivity index is 2.26. The standard InChI is InChI=1S/C17H18O/c1-11-6-8-15-14(9-11)17(3,4)13-7-5-12(2)10-16(13)18-15/h5-10H,1-4H3. The second-order valence-electron chi connectivity index (χ2n) is 5.73. The van der Waals surface area contributed by atoms with Gasteiger partial charge in [0.15, 0.2) is 0 Å². The lowest BCUT2D eigenvalue weighted by atomic mass is 9.75. The van der Waals surface area contributed by atoms with Crippen LogP contribution in [0.2, 0.25) is 0 Å². The van der Waals surface area contributed by atoms with Gasteiger partial charge in [0, 0.05) is 16.5 Å². The lowest BCUT2D eigenvalue weighted by Gasteiger charge is -2.34. The maximum atomic E-state index is 6.05. The fourth-order valence-electron chi connectivity index (χ4n) is 2.72. The van der Waals surface area contributed by atoms with Gasteiger partial charge in [0.05, 0.1) is 0 Å². The largest absolute Gasteiger partial charge is 0.457 e. The molecule has 0 fully saturated rings. The molecular weight excluding hydrogens is 220 g/mol. The van der Waals surface area contributed by atoms with E-state index < -0.39 is 0 Å². The summed E-state index contributed by atoms with van der Waals surface area (Å²) >= 11 is 0. The predicted molar refractivity (Wildman–Crippen MR) is 74.6 cm³/mol. The molecule has 0 saturated carbocycles. The summed E-state index contributed by atoms with van der Waals surface area (Å²) in [7, 11) is 0. The minimum Gasteiger partial charge on any atom is -0.457 e. The molecule has 2 aromatic carbocycles. The van der Waals surface area contributed by atoms with Crippen molar-refractivity contribution in [2.75, 3.05) is 0 Å². The number of hydrogen-bond acceptors (Lipinski definition) is 1. The van der Waals surface area contributed by atoms with E-state index in [0.29, 0.717) is 0 Å². The highest BCUT2D eigenvalue weighted by Crippen LogP contribution is 2.48. The molecule has 1 heteroatoms. The molecule has 0 radical (unpaired) electrons. The minimum absolute atomic E-state index is 0.00262. The van der Waals surface area contributed by atoms with Crippen molar-refractivity contribution in [3.63, 3.8) is 0 Å². The van der Waals surface area contributed by atoms with Crippen LogP contribution in [0, 0.1) is 13.8 Å². The van der Waals surface area contributed by atoms with Gasteiger partial charge in [0.2, 0.25) is 0 Å². The van der Waals surface area contributed by atoms with Crippen LogP contribution < -0.4 is 4.74 Å². The van der Waals surface area contributed by atoms with Crippen molar-refractivity contribution in [2.24, 2.45) is 0 Å². The van der Waals surface area contributed by atoms with Crippen LogP contribution in [0.25, 0.3) is 0 Å². The third-order valence-electron chi connectivity index (χ3n) is 3.84. The van der Waals surface area contributed by atoms with Crippen molar-refractivity contribution in [1.82, 2.24) is 0 Å². The van der Waals surface area contributed by atoms with Crippen molar-refractivity contribution in [1.29, 1.82) is 0 Å². The van der Waals surface area contributed by atoms with Gasteiger partial charge < -0.3 is 4.74 Å². The number of aryl methyl sites for hydroxylation is 2. The van der Waals surface area contributed by atoms with E-state index in [2.05, 4.69) is 64.1 Å². The van der Waals surface area contributed by atoms with Gasteiger partial charge in [-0.25, -0.2) is 0 Å². The maximum absolute atomic E-state index is 6.05. The van der Waals surface area contributed by atoms with E-state index in [9.17, 15) is 0 Å². The van der Waals surface area contributed by atoms with Crippen LogP contribution in [-0.2, 0) is 5.41 Å². The highest BCUT2D eigenvalue weighted by atomic mass is 16.5. The van der Waals surface area contributed by atoms with E-state index in [0.717, 1.165) is 11.5 Å². The fourth-order valence-corrected chi connectivity index (χ4v) is 2.72. The third-order valence-corrected chi connectivity index (χ3v) is 3.84. The zero-order chi connectivity index (χ0) is 12.9. The molecule has 0 spiro atoms. The van der Waals surface area contributed by atoms with Gasteiger partial charge in [-0.3, -0.25) is 0 Å². The molecule has 1 aliphatic heterocycles. The van der Waals surface area contributed by atoms with Gasteiger partial charge in [-0.2, -0.15) is 0 Å². The predicted octanol–water partition coefficient (Wildman–Crippen LogP) is 4.74. The Morgan fingerprint density at radius 1 is 0.778 bits per heavy atom. The molecule has 1 heterocycles. The first-order valence-electron chi connectivity index (χ1n) is 6.38. The number of hydrogen-bond donors (Lipinski definition) is 0. The summed E-state index contributed by atoms with van der Waals surface area (Å²) in [6.45, 7) is 8.76. The van der Waals surface area contributed by atoms with Crippen molar-refractivity contribution in [2.45, 2.75) is 33.1 Å². The molecule has 1 nitrogen and oxygen atoms in total. The molecule has 0 amide bonds. The van der Waals surface area contributed by atoms with Crippen LogP contribution in [0.4, 0.5) is 0 Å². The zero-order valence-corrected chi connectivity index (χ0v) is 11.4. The van der Waals surface area contributed by atoms with Crippen LogP contribution in [0.5, 0.6) is 11.5 Å². The summed E-state index contributed by atoms with van der Waals surface area (Å²) in [6.07, 6.45) is 0. The highest BCUT2D eigenvalue weighted by Gasteiger charge is 2.33. The normalized spacial score (nSPS) is 15.6. The van der Waals surface area contributed by atoms with E-state index in [1.165, 1.54) is 22.3 Å². The monoisotopic (exact) mass is 238 g/mol. The second kappa shape index (κ2) is 3.61. The maximum Gasteiger partial charge on any atom is 0.131 e. The van der Waals surface area contributed by atoms with Gasteiger partial charge >= 0.3 is 0 Å². The second-order valence-corrected chi connectivity index (χ2v) is 5.73. The Hall–Kier alpha value is -1.76. The van der Waals surface area contributed by atoms with Gasteiger partial charge in [-0.05, 0) is 31.5 Å². The molecule has 0 saturated heterocycles. The highest BCUT2D eigenvalue weighted by molar-refractivity contribution is 5.57. The van der Waals surface area contributed by atoms with Crippen LogP contribution in [0.15, 0.2) is 36.4 Å². The molecule has 0 N–H and O–H groups in total. The quantitative estimate of drug-likeness (QED) is 0.644. The Kier molecular flexibility index (Phi) is 2.28. The first-order chi connectivity index (χ1) is 8.48. The fraction of sp³-hybridized carbons (Fsp3) is 0.294. The van der Waals surface area contributed by atoms with E-state index >= 15 is 0 Å². The van der Waals surface area contributed by atoms with Crippen molar-refractivity contribution < 1.29 is 4.74 Å². The molecule has 0 aliphatic carbocycles. The zero-order valence-electron chi connectivity index (χ0n) is 11.4. The number of ether oxygens (including phenoxy) is 1. The van der Waals surface area contributed by atoms with E-state index in [1.54, 1.807) is 0 Å². The Bertz CT molecular complexity index is 624. The first-order valence-corrected chi connectivity index (χ1v) is 6.38. The Morgan fingerprint density at radius 2 is 1.44 bits per heavy atom. The topological polar surface area (TPSA) is 9.23 Å². The SMILES string of the molecule is Cc1ccc2c(c1)Oc1ccc(C)cc1C2(C)C. The molecule has 92 valence electrons. The number of benzene rings is 2. The van der Waals surface area contributed by atoms with Crippen molar-refractivity contribution in [3.8, 4) is 11.5 Å². The molecule has 0 atom stereocenters. The molecule has 0 unspecified atom stereocenters. The van der Waals surface area contributed by atoms with E-state index in [4.69, 9.17) is 4.74 Å². The summed E-state index contributed by atoms with van der Waals surface area (Å²) in [5.41, 5.74) is 5.06. The molecule has 3 rings (SSSR count). The molecule has 2 aromatic rings. The molecule has 1 aliphatic rings. The molecular formula is C17H18O. The van der Waals surface area contributed by atoms with Gasteiger partial charge in [0.1, 0.15) is 11.5 Å². The van der Waals surface area contributed by atoms with E-state index in [1.807, 2.05) is 0 Å². The van der Waals surface area contributed by atoms with Crippen molar-refractivity contribution >= 4 is 0 Å². The van der Waals surface area contributed by atoms with Crippen LogP contribution in [0.1, 0.15) is 36.1 Å². The van der Waals surface area contributed by atoms with E-state index in [-0.39, 0.29) is 5.41 Å². The van der Waals surface area contributed by atoms with Crippen molar-refractivity contribution in [3.05, 3.63) is 58.7 Å². The van der Waals surface area contributed by atoms with Crippen LogP contribution >= 0.6 is 0 Å². The minimum atomic E-state index is 0.00262. The van der Waals surface area contributed by atoms with Gasteiger partial charge in [0.25, 0.3) is 0 Å². The van der Waals surface area contributed by atoms with Gasteiger partial charge in [-0.15, -0.1) is 0 Å². The first kappa shape index (κ1) is 11.3. The number of fused-ring (bicyclic) bond motifs is 2. The van der Waals surface area contributed by atoms with Gasteiger partial charge in [-0.1, -0.05) is 43.7 Å². The third kappa shape index (κ3) is 1.54. The average Bonchev–Trinajstić information content (AvgIpc) is 2.30. The molecule has 18 heavy (non-hydrogen) atoms. The summed E-state index contributed by atoms with van der Waals surface area (Å²) < 4.78 is 6.05. The Morgan fingerprint density at radius 3 is 2.22 bits per heavy atom. The lowest BCUT2D eigenvalue weighted by Crippen LogP contribution is -2.24. The summed E-state index contributed by atoms with van der Waals surface area (Å²) in [5, 5.41) is 0. The smallest absolute Gasteiger partial charge is 0.131 e. The molecule has 0 bridgehead atoms. The summed E-state index contributed by atoms with van der Waals surface area (Å²) in [4.78, 5) is 0. The molecule has 0 aromatic heterocycles. The lowest BCUT2D eigenvalue weighted by molar-refractivity contribution is 0.417. The average molecular weight is 238 g/mol. The summed E-state index contributed by atoms with van der Waals surface area (Å²) in [6, 6.07) is 12.9. The van der Waals surface area contributed by atoms with Crippen LogP contribution in [-0.4, -0.2) is 0 Å². The summed E-state index contributed by atoms with van der Waals surface area (Å²) in [5.74, 6) is 1.99. The number of rotatable bonds is 0.